The van der Waals surface area contributed by atoms with E-state index in [4.69, 9.17) is 2.74 Å². The Morgan fingerprint density at radius 3 is 2.33 bits per heavy atom. The highest BCUT2D eigenvalue weighted by Gasteiger charge is 1.86. The van der Waals surface area contributed by atoms with Crippen molar-refractivity contribution in [3.8, 4) is 0 Å². The van der Waals surface area contributed by atoms with E-state index in [0.29, 0.717) is 0 Å². The van der Waals surface area contributed by atoms with Gasteiger partial charge in [-0.2, -0.15) is 0 Å². The summed E-state index contributed by atoms with van der Waals surface area (Å²) in [7, 11) is 0. The molecule has 1 nitrogen and oxygen atoms in total. The molecular weight excluding hydrogens is 76.1 g/mol. The van der Waals surface area contributed by atoms with Crippen molar-refractivity contribution in [3.63, 3.8) is 0 Å². The predicted molar refractivity (Wildman–Crippen MR) is 25.6 cm³/mol. The molecule has 0 aromatic carbocycles. The summed E-state index contributed by atoms with van der Waals surface area (Å²) in [4.78, 5) is 10.5. The average Bonchev–Trinajstić information content (AvgIpc) is 1.62. The molecule has 0 aliphatic rings. The van der Waals surface area contributed by atoms with Crippen LogP contribution in [0.2, 0.25) is 0 Å². The minimum absolute atomic E-state index is 0.281. The molecule has 0 spiro atoms. The van der Waals surface area contributed by atoms with Crippen molar-refractivity contribution in [1.82, 2.24) is 0 Å². The lowest BCUT2D eigenvalue weighted by Gasteiger charge is -1.81. The molecule has 36 valence electrons. The Balaban J connectivity index is 3.82. The predicted octanol–water partition coefficient (Wildman–Crippen LogP) is 1.38. The lowest BCUT2D eigenvalue weighted by Crippen LogP contribution is -1.88. The Labute approximate surface area is 41.2 Å². The molecule has 6 heavy (non-hydrogen) atoms. The summed E-state index contributed by atoms with van der Waals surface area (Å²) in [6, 6.07) is 0. The van der Waals surface area contributed by atoms with E-state index in [-0.39, 0.29) is 12.2 Å². The maximum atomic E-state index is 10.5. The fraction of sp³-hybridized carbons (Fsp3) is 0.800. The molecule has 0 heterocycles. The third-order valence-electron chi connectivity index (χ3n) is 0.600. The zero-order valence-electron chi connectivity index (χ0n) is 6.12. The molecule has 0 bridgehead atoms. The van der Waals surface area contributed by atoms with E-state index in [1.165, 1.54) is 6.92 Å². The maximum absolute atomic E-state index is 10.5. The molecule has 0 aromatic rings. The number of carbonyl (C=O) groups excluding carboxylic acids is 1. The second kappa shape index (κ2) is 2.88. The highest BCUT2D eigenvalue weighted by Crippen LogP contribution is 1.82. The van der Waals surface area contributed by atoms with E-state index in [9.17, 15) is 4.79 Å². The number of ketones is 1. The van der Waals surface area contributed by atoms with Gasteiger partial charge in [0.1, 0.15) is 5.78 Å². The van der Waals surface area contributed by atoms with Crippen LogP contribution in [-0.4, -0.2) is 5.78 Å². The van der Waals surface area contributed by atoms with Crippen molar-refractivity contribution in [2.45, 2.75) is 26.6 Å². The van der Waals surface area contributed by atoms with E-state index < -0.39 is 6.37 Å². The lowest BCUT2D eigenvalue weighted by atomic mass is 10.3. The fourth-order valence-electron chi connectivity index (χ4n) is 0.177. The zero-order chi connectivity index (χ0) is 6.78. The summed E-state index contributed by atoms with van der Waals surface area (Å²) >= 11 is 0. The standard InChI is InChI=1S/C5H10O/c1-3-5(6)4-2/h3-4H2,1-2H3/i3D2. The maximum Gasteiger partial charge on any atom is 0.132 e. The van der Waals surface area contributed by atoms with Crippen molar-refractivity contribution in [1.29, 1.82) is 0 Å². The molecular formula is C5H10O. The van der Waals surface area contributed by atoms with Crippen LogP contribution in [0, 0.1) is 0 Å². The summed E-state index contributed by atoms with van der Waals surface area (Å²) in [5.41, 5.74) is 0. The van der Waals surface area contributed by atoms with E-state index in [2.05, 4.69) is 0 Å². The third-order valence-corrected chi connectivity index (χ3v) is 0.600. The summed E-state index contributed by atoms with van der Waals surface area (Å²) in [6.45, 7) is 2.93. The van der Waals surface area contributed by atoms with Crippen LogP contribution in [0.25, 0.3) is 0 Å². The van der Waals surface area contributed by atoms with Gasteiger partial charge in [0, 0.05) is 15.5 Å². The fourth-order valence-corrected chi connectivity index (χ4v) is 0.177. The highest BCUT2D eigenvalue weighted by molar-refractivity contribution is 5.77. The van der Waals surface area contributed by atoms with Crippen LogP contribution in [-0.2, 0) is 4.79 Å². The van der Waals surface area contributed by atoms with Crippen LogP contribution in [0.5, 0.6) is 0 Å². The van der Waals surface area contributed by atoms with Crippen molar-refractivity contribution >= 4 is 5.78 Å². The normalized spacial score (nSPS) is 15.7. The second-order valence-corrected chi connectivity index (χ2v) is 1.03. The van der Waals surface area contributed by atoms with E-state index in [1.54, 1.807) is 6.92 Å². The zero-order valence-corrected chi connectivity index (χ0v) is 4.12. The monoisotopic (exact) mass is 88.1 g/mol. The first-order valence-corrected chi connectivity index (χ1v) is 2.01. The second-order valence-electron chi connectivity index (χ2n) is 1.03. The van der Waals surface area contributed by atoms with Crippen molar-refractivity contribution < 1.29 is 7.54 Å². The molecule has 0 aliphatic carbocycles. The smallest absolute Gasteiger partial charge is 0.132 e. The molecule has 0 atom stereocenters. The van der Waals surface area contributed by atoms with Crippen LogP contribution in [0.4, 0.5) is 0 Å². The summed E-state index contributed by atoms with van der Waals surface area (Å²) < 4.78 is 13.7. The van der Waals surface area contributed by atoms with E-state index in [1.807, 2.05) is 0 Å². The Morgan fingerprint density at radius 1 is 1.83 bits per heavy atom. The Bertz CT molecular complexity index is 93.1. The van der Waals surface area contributed by atoms with Gasteiger partial charge in [-0.25, -0.2) is 0 Å². The number of hydrogen-bond donors (Lipinski definition) is 0. The highest BCUT2D eigenvalue weighted by atomic mass is 16.1. The molecule has 0 rings (SSSR count). The van der Waals surface area contributed by atoms with Crippen LogP contribution in [0.15, 0.2) is 0 Å². The van der Waals surface area contributed by atoms with Crippen LogP contribution in [0.3, 0.4) is 0 Å². The van der Waals surface area contributed by atoms with Gasteiger partial charge >= 0.3 is 0 Å². The molecule has 0 saturated carbocycles. The number of hydrogen-bond acceptors (Lipinski definition) is 1. The van der Waals surface area contributed by atoms with E-state index >= 15 is 0 Å². The van der Waals surface area contributed by atoms with Gasteiger partial charge in [-0.1, -0.05) is 13.8 Å². The molecule has 0 fully saturated rings. The molecule has 0 N–H and O–H groups in total. The summed E-state index contributed by atoms with van der Waals surface area (Å²) in [5.74, 6) is -0.336. The Kier molecular flexibility index (Phi) is 1.34. The first kappa shape index (κ1) is 2.78. The minimum Gasteiger partial charge on any atom is -0.300 e. The molecule has 0 unspecified atom stereocenters. The quantitative estimate of drug-likeness (QED) is 0.498. The summed E-state index contributed by atoms with van der Waals surface area (Å²) in [5, 5.41) is 0. The van der Waals surface area contributed by atoms with Crippen LogP contribution >= 0.6 is 0 Å². The van der Waals surface area contributed by atoms with E-state index in [0.717, 1.165) is 0 Å². The van der Waals surface area contributed by atoms with Gasteiger partial charge in [0.05, 0.1) is 0 Å². The largest absolute Gasteiger partial charge is 0.300 e. The molecule has 0 aromatic heterocycles. The molecule has 1 heteroatoms. The Hall–Kier alpha value is -0.330. The topological polar surface area (TPSA) is 17.1 Å². The van der Waals surface area contributed by atoms with Crippen molar-refractivity contribution in [2.24, 2.45) is 0 Å². The molecule has 0 aliphatic heterocycles. The first-order valence-electron chi connectivity index (χ1n) is 3.01. The first-order chi connectivity index (χ1) is 3.48. The number of rotatable bonds is 2. The van der Waals surface area contributed by atoms with Crippen molar-refractivity contribution in [3.05, 3.63) is 0 Å². The SMILES string of the molecule is [2H]C([2H])(C)C(=O)CC. The summed E-state index contributed by atoms with van der Waals surface area (Å²) in [6.07, 6.45) is -1.35. The van der Waals surface area contributed by atoms with Gasteiger partial charge in [-0.15, -0.1) is 0 Å². The van der Waals surface area contributed by atoms with Gasteiger partial charge in [-0.3, -0.25) is 4.79 Å². The van der Waals surface area contributed by atoms with Crippen molar-refractivity contribution in [2.75, 3.05) is 0 Å². The van der Waals surface area contributed by atoms with Gasteiger partial charge in [0.25, 0.3) is 0 Å². The molecule has 0 radical (unpaired) electrons. The van der Waals surface area contributed by atoms with Gasteiger partial charge in [0.15, 0.2) is 0 Å². The minimum atomic E-state index is -1.63. The molecule has 0 saturated heterocycles. The lowest BCUT2D eigenvalue weighted by molar-refractivity contribution is -0.118. The molecule has 0 amide bonds. The van der Waals surface area contributed by atoms with Gasteiger partial charge < -0.3 is 0 Å². The van der Waals surface area contributed by atoms with Gasteiger partial charge in [-0.05, 0) is 0 Å². The number of carbonyl (C=O) groups is 1. The average molecular weight is 88.1 g/mol. The van der Waals surface area contributed by atoms with Crippen LogP contribution in [0.1, 0.15) is 29.4 Å². The Morgan fingerprint density at radius 2 is 2.33 bits per heavy atom. The number of Topliss-reactive ketones (excluding diaryl/α,β-unsaturated/α-hetero) is 1. The van der Waals surface area contributed by atoms with Crippen LogP contribution < -0.4 is 0 Å². The van der Waals surface area contributed by atoms with Gasteiger partial charge in [0.2, 0.25) is 0 Å². The third kappa shape index (κ3) is 1.94.